The number of rotatable bonds is 11. The highest BCUT2D eigenvalue weighted by molar-refractivity contribution is 7.80. The van der Waals surface area contributed by atoms with Crippen molar-refractivity contribution in [3.63, 3.8) is 0 Å². The molecule has 150 valence electrons. The molecule has 0 aliphatic rings. The fourth-order valence-corrected chi connectivity index (χ4v) is 2.04. The fourth-order valence-electron chi connectivity index (χ4n) is 1.88. The molecule has 0 heterocycles. The number of thiol groups is 1. The number of aliphatic carboxylic acids is 1. The van der Waals surface area contributed by atoms with Gasteiger partial charge in [0.15, 0.2) is 0 Å². The van der Waals surface area contributed by atoms with Crippen molar-refractivity contribution in [2.75, 3.05) is 12.4 Å². The second-order valence-electron chi connectivity index (χ2n) is 5.97. The number of carbonyl (C=O) groups excluding carboxylic acids is 3. The molecule has 0 aromatic heterocycles. The van der Waals surface area contributed by atoms with Crippen molar-refractivity contribution < 1.29 is 29.4 Å². The lowest BCUT2D eigenvalue weighted by Gasteiger charge is -2.27. The highest BCUT2D eigenvalue weighted by Gasteiger charge is 2.31. The first-order valence-electron chi connectivity index (χ1n) is 8.20. The summed E-state index contributed by atoms with van der Waals surface area (Å²) in [6, 6.07) is -4.42. The van der Waals surface area contributed by atoms with E-state index in [1.165, 1.54) is 6.92 Å². The predicted molar refractivity (Wildman–Crippen MR) is 97.5 cm³/mol. The van der Waals surface area contributed by atoms with Crippen LogP contribution in [-0.4, -0.2) is 70.4 Å². The maximum Gasteiger partial charge on any atom is 0.325 e. The molecular formula is C15H28N4O6S. The second-order valence-corrected chi connectivity index (χ2v) is 6.34. The van der Waals surface area contributed by atoms with Crippen molar-refractivity contribution in [1.29, 1.82) is 0 Å². The van der Waals surface area contributed by atoms with Crippen molar-refractivity contribution in [2.24, 2.45) is 11.7 Å². The van der Waals surface area contributed by atoms with E-state index in [0.717, 1.165) is 0 Å². The van der Waals surface area contributed by atoms with Crippen molar-refractivity contribution in [1.82, 2.24) is 16.0 Å². The summed E-state index contributed by atoms with van der Waals surface area (Å²) in [6.07, 6.45) is 0.556. The Hall–Kier alpha value is -1.85. The number of aliphatic hydroxyl groups is 1. The Labute approximate surface area is 157 Å². The number of carbonyl (C=O) groups is 4. The number of amides is 3. The van der Waals surface area contributed by atoms with Crippen molar-refractivity contribution >= 4 is 36.3 Å². The first-order valence-corrected chi connectivity index (χ1v) is 8.83. The first kappa shape index (κ1) is 24.1. The van der Waals surface area contributed by atoms with Gasteiger partial charge >= 0.3 is 5.97 Å². The SMILES string of the molecule is CCC(C)C(NC(=O)C(N)CS)C(=O)NC(CO)C(=O)NC(C)C(=O)O. The highest BCUT2D eigenvalue weighted by Crippen LogP contribution is 2.09. The lowest BCUT2D eigenvalue weighted by atomic mass is 9.97. The van der Waals surface area contributed by atoms with E-state index in [2.05, 4.69) is 28.6 Å². The molecule has 0 spiro atoms. The standard InChI is InChI=1S/C15H28N4O6S/c1-4-7(2)11(19-12(21)9(16)6-26)14(23)18-10(5-20)13(22)17-8(3)15(24)25/h7-11,20,26H,4-6,16H2,1-3H3,(H,17,22)(H,18,23)(H,19,21)(H,24,25). The van der Waals surface area contributed by atoms with Gasteiger partial charge in [-0.2, -0.15) is 12.6 Å². The largest absolute Gasteiger partial charge is 0.480 e. The predicted octanol–water partition coefficient (Wildman–Crippen LogP) is -2.16. The molecule has 0 aliphatic heterocycles. The molecule has 0 fully saturated rings. The van der Waals surface area contributed by atoms with Crippen LogP contribution >= 0.6 is 12.6 Å². The lowest BCUT2D eigenvalue weighted by molar-refractivity contribution is -0.142. The molecule has 0 aromatic carbocycles. The Bertz CT molecular complexity index is 518. The number of nitrogens with two attached hydrogens (primary N) is 1. The molecule has 0 rings (SSSR count). The summed E-state index contributed by atoms with van der Waals surface area (Å²) in [7, 11) is 0. The van der Waals surface area contributed by atoms with Crippen LogP contribution in [0, 0.1) is 5.92 Å². The monoisotopic (exact) mass is 392 g/mol. The summed E-state index contributed by atoms with van der Waals surface area (Å²) in [4.78, 5) is 47.2. The maximum atomic E-state index is 12.5. The molecule has 0 saturated carbocycles. The topological polar surface area (TPSA) is 171 Å². The zero-order chi connectivity index (χ0) is 20.4. The van der Waals surface area contributed by atoms with Crippen LogP contribution in [-0.2, 0) is 19.2 Å². The van der Waals surface area contributed by atoms with E-state index in [-0.39, 0.29) is 11.7 Å². The highest BCUT2D eigenvalue weighted by atomic mass is 32.1. The van der Waals surface area contributed by atoms with Gasteiger partial charge in [-0.1, -0.05) is 20.3 Å². The van der Waals surface area contributed by atoms with Crippen molar-refractivity contribution in [3.05, 3.63) is 0 Å². The minimum atomic E-state index is -1.36. The number of hydrogen-bond acceptors (Lipinski definition) is 7. The summed E-state index contributed by atoms with van der Waals surface area (Å²) in [5, 5.41) is 25.1. The van der Waals surface area contributed by atoms with E-state index >= 15 is 0 Å². The van der Waals surface area contributed by atoms with Gasteiger partial charge in [-0.3, -0.25) is 19.2 Å². The molecule has 0 aliphatic carbocycles. The first-order chi connectivity index (χ1) is 12.1. The third kappa shape index (κ3) is 7.58. The minimum absolute atomic E-state index is 0.0927. The van der Waals surface area contributed by atoms with E-state index in [0.29, 0.717) is 6.42 Å². The number of aliphatic hydroxyl groups excluding tert-OH is 1. The van der Waals surface area contributed by atoms with Gasteiger partial charge < -0.3 is 31.9 Å². The summed E-state index contributed by atoms with van der Waals surface area (Å²) in [6.45, 7) is 4.07. The number of nitrogens with one attached hydrogen (secondary N) is 3. The molecule has 7 N–H and O–H groups in total. The molecular weight excluding hydrogens is 364 g/mol. The minimum Gasteiger partial charge on any atom is -0.480 e. The molecule has 0 radical (unpaired) electrons. The van der Waals surface area contributed by atoms with E-state index in [4.69, 9.17) is 10.8 Å². The Morgan fingerprint density at radius 1 is 1.04 bits per heavy atom. The van der Waals surface area contributed by atoms with E-state index in [9.17, 15) is 24.3 Å². The van der Waals surface area contributed by atoms with Crippen LogP contribution in [0.3, 0.4) is 0 Å². The zero-order valence-electron chi connectivity index (χ0n) is 15.1. The van der Waals surface area contributed by atoms with E-state index < -0.39 is 54.5 Å². The van der Waals surface area contributed by atoms with Gasteiger partial charge in [0.2, 0.25) is 17.7 Å². The summed E-state index contributed by atoms with van der Waals surface area (Å²) in [5.41, 5.74) is 5.59. The molecule has 26 heavy (non-hydrogen) atoms. The number of hydrogen-bond donors (Lipinski definition) is 7. The Kier molecular flexibility index (Phi) is 10.9. The average molecular weight is 392 g/mol. The van der Waals surface area contributed by atoms with Gasteiger partial charge in [-0.05, 0) is 12.8 Å². The van der Waals surface area contributed by atoms with Crippen molar-refractivity contribution in [3.8, 4) is 0 Å². The van der Waals surface area contributed by atoms with Crippen LogP contribution in [0.15, 0.2) is 0 Å². The van der Waals surface area contributed by atoms with Gasteiger partial charge in [0.25, 0.3) is 0 Å². The summed E-state index contributed by atoms with van der Waals surface area (Å²) < 4.78 is 0. The summed E-state index contributed by atoms with van der Waals surface area (Å²) >= 11 is 3.93. The summed E-state index contributed by atoms with van der Waals surface area (Å²) in [5.74, 6) is -3.54. The average Bonchev–Trinajstić information content (AvgIpc) is 2.61. The Morgan fingerprint density at radius 3 is 2.04 bits per heavy atom. The van der Waals surface area contributed by atoms with Gasteiger partial charge in [0.1, 0.15) is 18.1 Å². The fraction of sp³-hybridized carbons (Fsp3) is 0.733. The molecule has 5 unspecified atom stereocenters. The second kappa shape index (κ2) is 11.7. The molecule has 11 heteroatoms. The smallest absolute Gasteiger partial charge is 0.325 e. The van der Waals surface area contributed by atoms with Crippen molar-refractivity contribution in [2.45, 2.75) is 51.4 Å². The molecule has 0 bridgehead atoms. The lowest BCUT2D eigenvalue weighted by Crippen LogP contribution is -2.59. The van der Waals surface area contributed by atoms with Gasteiger partial charge in [0, 0.05) is 5.75 Å². The normalized spacial score (nSPS) is 16.5. The molecule has 0 saturated heterocycles. The zero-order valence-corrected chi connectivity index (χ0v) is 16.0. The molecule has 5 atom stereocenters. The van der Waals surface area contributed by atoms with Crippen LogP contribution in [0.2, 0.25) is 0 Å². The van der Waals surface area contributed by atoms with Crippen LogP contribution in [0.25, 0.3) is 0 Å². The third-order valence-corrected chi connectivity index (χ3v) is 4.26. The van der Waals surface area contributed by atoms with Crippen LogP contribution in [0.1, 0.15) is 27.2 Å². The van der Waals surface area contributed by atoms with Crippen LogP contribution in [0.5, 0.6) is 0 Å². The van der Waals surface area contributed by atoms with Gasteiger partial charge in [0.05, 0.1) is 12.6 Å². The quantitative estimate of drug-likeness (QED) is 0.196. The molecule has 10 nitrogen and oxygen atoms in total. The van der Waals surface area contributed by atoms with E-state index in [1.54, 1.807) is 6.92 Å². The number of carboxylic acid groups (broad SMARTS) is 1. The Morgan fingerprint density at radius 2 is 1.62 bits per heavy atom. The van der Waals surface area contributed by atoms with Crippen LogP contribution < -0.4 is 21.7 Å². The third-order valence-electron chi connectivity index (χ3n) is 3.87. The van der Waals surface area contributed by atoms with Crippen LogP contribution in [0.4, 0.5) is 0 Å². The molecule has 0 aromatic rings. The van der Waals surface area contributed by atoms with Gasteiger partial charge in [-0.25, -0.2) is 0 Å². The Balaban J connectivity index is 5.11. The van der Waals surface area contributed by atoms with Gasteiger partial charge in [-0.15, -0.1) is 0 Å². The van der Waals surface area contributed by atoms with E-state index in [1.807, 2.05) is 6.92 Å². The molecule has 3 amide bonds. The number of carboxylic acids is 1. The maximum absolute atomic E-state index is 12.5.